The fraction of sp³-hybridized carbons (Fsp3) is 0.154. The Balaban J connectivity index is 2.03. The Morgan fingerprint density at radius 3 is 2.79 bits per heavy atom. The summed E-state index contributed by atoms with van der Waals surface area (Å²) in [7, 11) is 0. The summed E-state index contributed by atoms with van der Waals surface area (Å²) in [6.45, 7) is 0.680. The Morgan fingerprint density at radius 1 is 1.26 bits per heavy atom. The summed E-state index contributed by atoms with van der Waals surface area (Å²) in [5.41, 5.74) is 1.05. The Kier molecular flexibility index (Phi) is 4.15. The normalized spacial score (nSPS) is 10.4. The van der Waals surface area contributed by atoms with Gasteiger partial charge in [-0.2, -0.15) is 0 Å². The van der Waals surface area contributed by atoms with Gasteiger partial charge < -0.3 is 5.32 Å². The molecule has 2 rings (SSSR count). The van der Waals surface area contributed by atoms with E-state index < -0.39 is 10.7 Å². The van der Waals surface area contributed by atoms with Crippen molar-refractivity contribution in [3.63, 3.8) is 0 Å². The van der Waals surface area contributed by atoms with Crippen molar-refractivity contribution in [2.24, 2.45) is 0 Å². The molecular weight excluding hydrogens is 249 g/mol. The zero-order valence-electron chi connectivity index (χ0n) is 10.0. The first-order valence-corrected chi connectivity index (χ1v) is 5.70. The molecule has 0 spiro atoms. The highest BCUT2D eigenvalue weighted by Gasteiger charge is 2.13. The molecule has 98 valence electrons. The molecular formula is C13H12FN3O2. The van der Waals surface area contributed by atoms with Gasteiger partial charge in [-0.1, -0.05) is 6.07 Å². The van der Waals surface area contributed by atoms with Crippen LogP contribution in [0, 0.1) is 15.9 Å². The van der Waals surface area contributed by atoms with Crippen molar-refractivity contribution in [2.45, 2.75) is 13.1 Å². The summed E-state index contributed by atoms with van der Waals surface area (Å²) >= 11 is 0. The second-order valence-electron chi connectivity index (χ2n) is 3.95. The van der Waals surface area contributed by atoms with Crippen molar-refractivity contribution in [1.29, 1.82) is 0 Å². The highest BCUT2D eigenvalue weighted by molar-refractivity contribution is 5.40. The average molecular weight is 261 g/mol. The molecule has 0 bridgehead atoms. The van der Waals surface area contributed by atoms with Crippen molar-refractivity contribution in [1.82, 2.24) is 10.3 Å². The Hall–Kier alpha value is -2.34. The van der Waals surface area contributed by atoms with Crippen LogP contribution >= 0.6 is 0 Å². The van der Waals surface area contributed by atoms with Crippen molar-refractivity contribution >= 4 is 5.69 Å². The first kappa shape index (κ1) is 13.1. The number of nitro benzene ring substituents is 1. The minimum atomic E-state index is -0.517. The van der Waals surface area contributed by atoms with E-state index in [1.807, 2.05) is 12.1 Å². The SMILES string of the molecule is O=[N+]([O-])c1ccc(F)cc1CNCc1ccccn1. The first-order valence-electron chi connectivity index (χ1n) is 5.70. The van der Waals surface area contributed by atoms with Crippen LogP contribution in [0.1, 0.15) is 11.3 Å². The van der Waals surface area contributed by atoms with Gasteiger partial charge in [0.1, 0.15) is 5.82 Å². The van der Waals surface area contributed by atoms with Gasteiger partial charge in [-0.25, -0.2) is 4.39 Å². The van der Waals surface area contributed by atoms with E-state index >= 15 is 0 Å². The third-order valence-electron chi connectivity index (χ3n) is 2.59. The molecule has 1 heterocycles. The maximum atomic E-state index is 13.1. The van der Waals surface area contributed by atoms with Gasteiger partial charge in [-0.3, -0.25) is 15.1 Å². The monoisotopic (exact) mass is 261 g/mol. The molecule has 5 nitrogen and oxygen atoms in total. The summed E-state index contributed by atoms with van der Waals surface area (Å²) in [6.07, 6.45) is 1.67. The number of rotatable bonds is 5. The number of hydrogen-bond acceptors (Lipinski definition) is 4. The van der Waals surface area contributed by atoms with E-state index in [-0.39, 0.29) is 12.2 Å². The van der Waals surface area contributed by atoms with Crippen LogP contribution in [0.25, 0.3) is 0 Å². The minimum Gasteiger partial charge on any atom is -0.307 e. The Morgan fingerprint density at radius 2 is 2.11 bits per heavy atom. The molecule has 0 aliphatic heterocycles. The summed E-state index contributed by atoms with van der Waals surface area (Å²) in [6, 6.07) is 8.93. The van der Waals surface area contributed by atoms with Crippen LogP contribution in [0.2, 0.25) is 0 Å². The van der Waals surface area contributed by atoms with Gasteiger partial charge in [0.2, 0.25) is 0 Å². The fourth-order valence-electron chi connectivity index (χ4n) is 1.70. The summed E-state index contributed by atoms with van der Waals surface area (Å²) in [5, 5.41) is 13.8. The fourth-order valence-corrected chi connectivity index (χ4v) is 1.70. The van der Waals surface area contributed by atoms with Crippen LogP contribution in [-0.2, 0) is 13.1 Å². The molecule has 19 heavy (non-hydrogen) atoms. The van der Waals surface area contributed by atoms with E-state index in [0.29, 0.717) is 12.1 Å². The van der Waals surface area contributed by atoms with E-state index in [2.05, 4.69) is 10.3 Å². The maximum Gasteiger partial charge on any atom is 0.274 e. The quantitative estimate of drug-likeness (QED) is 0.663. The third-order valence-corrected chi connectivity index (χ3v) is 2.59. The first-order chi connectivity index (χ1) is 9.16. The van der Waals surface area contributed by atoms with Crippen LogP contribution in [0.5, 0.6) is 0 Å². The lowest BCUT2D eigenvalue weighted by Crippen LogP contribution is -2.14. The number of nitrogens with one attached hydrogen (secondary N) is 1. The Labute approximate surface area is 109 Å². The number of nitro groups is 1. The molecule has 0 saturated carbocycles. The second-order valence-corrected chi connectivity index (χ2v) is 3.95. The van der Waals surface area contributed by atoms with E-state index in [1.54, 1.807) is 12.3 Å². The van der Waals surface area contributed by atoms with E-state index in [4.69, 9.17) is 0 Å². The second kappa shape index (κ2) is 6.01. The maximum absolute atomic E-state index is 13.1. The molecule has 0 aliphatic carbocycles. The van der Waals surface area contributed by atoms with Crippen LogP contribution in [-0.4, -0.2) is 9.91 Å². The Bertz CT molecular complexity index is 575. The molecule has 0 unspecified atom stereocenters. The molecule has 0 aliphatic rings. The highest BCUT2D eigenvalue weighted by Crippen LogP contribution is 2.19. The molecule has 6 heteroatoms. The van der Waals surface area contributed by atoms with Crippen LogP contribution in [0.3, 0.4) is 0 Å². The van der Waals surface area contributed by atoms with Crippen molar-refractivity contribution in [3.05, 3.63) is 69.8 Å². The van der Waals surface area contributed by atoms with Crippen LogP contribution in [0.4, 0.5) is 10.1 Å². The lowest BCUT2D eigenvalue weighted by Gasteiger charge is -2.05. The van der Waals surface area contributed by atoms with Gasteiger partial charge in [0.15, 0.2) is 0 Å². The molecule has 0 radical (unpaired) electrons. The number of nitrogens with zero attached hydrogens (tertiary/aromatic N) is 2. The van der Waals surface area contributed by atoms with Crippen molar-refractivity contribution < 1.29 is 9.31 Å². The van der Waals surface area contributed by atoms with Crippen molar-refractivity contribution in [2.75, 3.05) is 0 Å². The molecule has 1 aromatic heterocycles. The number of aromatic nitrogens is 1. The number of benzene rings is 1. The average Bonchev–Trinajstić information content (AvgIpc) is 2.39. The summed E-state index contributed by atoms with van der Waals surface area (Å²) in [4.78, 5) is 14.4. The zero-order valence-corrected chi connectivity index (χ0v) is 10.0. The van der Waals surface area contributed by atoms with Gasteiger partial charge in [0.05, 0.1) is 10.6 Å². The zero-order chi connectivity index (χ0) is 13.7. The number of pyridine rings is 1. The molecule has 1 N–H and O–H groups in total. The minimum absolute atomic E-state index is 0.0880. The van der Waals surface area contributed by atoms with Gasteiger partial charge in [0.25, 0.3) is 5.69 Å². The predicted octanol–water partition coefficient (Wildman–Crippen LogP) is 2.42. The van der Waals surface area contributed by atoms with Crippen LogP contribution in [0.15, 0.2) is 42.6 Å². The van der Waals surface area contributed by atoms with E-state index in [9.17, 15) is 14.5 Å². The number of halogens is 1. The lowest BCUT2D eigenvalue weighted by atomic mass is 10.1. The van der Waals surface area contributed by atoms with Crippen LogP contribution < -0.4 is 5.32 Å². The standard InChI is InChI=1S/C13H12FN3O2/c14-11-4-5-13(17(18)19)10(7-11)8-15-9-12-3-1-2-6-16-12/h1-7,15H,8-9H2. The third kappa shape index (κ3) is 3.56. The van der Waals surface area contributed by atoms with E-state index in [1.165, 1.54) is 12.1 Å². The molecule has 0 saturated heterocycles. The molecule has 0 fully saturated rings. The van der Waals surface area contributed by atoms with Crippen molar-refractivity contribution in [3.8, 4) is 0 Å². The smallest absolute Gasteiger partial charge is 0.274 e. The van der Waals surface area contributed by atoms with Gasteiger partial charge in [-0.05, 0) is 24.3 Å². The summed E-state index contributed by atoms with van der Waals surface area (Å²) in [5.74, 6) is -0.486. The topological polar surface area (TPSA) is 68.1 Å². The highest BCUT2D eigenvalue weighted by atomic mass is 19.1. The summed E-state index contributed by atoms with van der Waals surface area (Å²) < 4.78 is 13.1. The molecule has 0 amide bonds. The van der Waals surface area contributed by atoms with E-state index in [0.717, 1.165) is 11.8 Å². The molecule has 2 aromatic rings. The van der Waals surface area contributed by atoms with Gasteiger partial charge >= 0.3 is 0 Å². The van der Waals surface area contributed by atoms with Gasteiger partial charge in [0, 0.05) is 30.9 Å². The largest absolute Gasteiger partial charge is 0.307 e. The molecule has 1 aromatic carbocycles. The lowest BCUT2D eigenvalue weighted by molar-refractivity contribution is -0.385. The molecule has 0 atom stereocenters. The van der Waals surface area contributed by atoms with Gasteiger partial charge in [-0.15, -0.1) is 0 Å². The number of hydrogen-bond donors (Lipinski definition) is 1. The predicted molar refractivity (Wildman–Crippen MR) is 67.8 cm³/mol.